The summed E-state index contributed by atoms with van der Waals surface area (Å²) in [6, 6.07) is 1.76. The summed E-state index contributed by atoms with van der Waals surface area (Å²) in [6.07, 6.45) is 2.25. The molecule has 1 heterocycles. The van der Waals surface area contributed by atoms with Gasteiger partial charge in [0.1, 0.15) is 4.88 Å². The molecule has 0 unspecified atom stereocenters. The molecule has 2 nitrogen and oxygen atoms in total. The molecule has 14 heavy (non-hydrogen) atoms. The Bertz CT molecular complexity index is 303. The molecule has 0 aliphatic heterocycles. The van der Waals surface area contributed by atoms with E-state index in [1.165, 1.54) is 11.3 Å². The van der Waals surface area contributed by atoms with Crippen molar-refractivity contribution in [1.82, 2.24) is 0 Å². The lowest BCUT2D eigenvalue weighted by Gasteiger charge is -2.09. The molecule has 4 heteroatoms. The second-order valence-corrected chi connectivity index (χ2v) is 5.29. The second-order valence-electron chi connectivity index (χ2n) is 3.01. The number of aromatic carboxylic acids is 1. The Morgan fingerprint density at radius 2 is 2.21 bits per heavy atom. The second kappa shape index (κ2) is 5.41. The molecule has 78 valence electrons. The van der Waals surface area contributed by atoms with Crippen molar-refractivity contribution < 1.29 is 9.90 Å². The van der Waals surface area contributed by atoms with Gasteiger partial charge in [-0.15, -0.1) is 23.1 Å². The smallest absolute Gasteiger partial charge is 0.345 e. The summed E-state index contributed by atoms with van der Waals surface area (Å²) in [6.45, 7) is 4.32. The summed E-state index contributed by atoms with van der Waals surface area (Å²) in [4.78, 5) is 12.2. The van der Waals surface area contributed by atoms with Crippen LogP contribution in [0.5, 0.6) is 0 Å². The maximum absolute atomic E-state index is 10.6. The van der Waals surface area contributed by atoms with E-state index in [4.69, 9.17) is 5.11 Å². The highest BCUT2D eigenvalue weighted by atomic mass is 32.2. The molecule has 0 saturated carbocycles. The van der Waals surface area contributed by atoms with E-state index >= 15 is 0 Å². The third kappa shape index (κ3) is 3.03. The fraction of sp³-hybridized carbons (Fsp3) is 0.500. The van der Waals surface area contributed by atoms with Crippen LogP contribution in [0.4, 0.5) is 0 Å². The molecule has 0 aliphatic rings. The summed E-state index contributed by atoms with van der Waals surface area (Å²) in [5.41, 5.74) is 0. The predicted octanol–water partition coefficient (Wildman–Crippen LogP) is 3.73. The number of carbonyl (C=O) groups is 1. The summed E-state index contributed by atoms with van der Waals surface area (Å²) >= 11 is 3.07. The molecule has 0 saturated heterocycles. The lowest BCUT2D eigenvalue weighted by Crippen LogP contribution is -1.96. The summed E-state index contributed by atoms with van der Waals surface area (Å²) in [5, 5.41) is 11.3. The van der Waals surface area contributed by atoms with Crippen molar-refractivity contribution in [2.24, 2.45) is 0 Å². The molecule has 0 spiro atoms. The first-order chi connectivity index (χ1) is 6.67. The Morgan fingerprint density at radius 3 is 2.64 bits per heavy atom. The number of rotatable bonds is 5. The minimum Gasteiger partial charge on any atom is -0.477 e. The first-order valence-corrected chi connectivity index (χ1v) is 6.41. The summed E-state index contributed by atoms with van der Waals surface area (Å²) in [5.74, 6) is -0.827. The average Bonchev–Trinajstić information content (AvgIpc) is 2.62. The molecule has 0 aliphatic carbocycles. The van der Waals surface area contributed by atoms with Crippen LogP contribution < -0.4 is 0 Å². The average molecular weight is 230 g/mol. The van der Waals surface area contributed by atoms with Gasteiger partial charge >= 0.3 is 5.97 Å². The molecule has 0 aromatic carbocycles. The van der Waals surface area contributed by atoms with Gasteiger partial charge in [-0.3, -0.25) is 0 Å². The maximum Gasteiger partial charge on any atom is 0.345 e. The van der Waals surface area contributed by atoms with E-state index < -0.39 is 5.97 Å². The van der Waals surface area contributed by atoms with Gasteiger partial charge in [-0.05, 0) is 18.9 Å². The molecule has 1 rings (SSSR count). The summed E-state index contributed by atoms with van der Waals surface area (Å²) < 4.78 is 0. The van der Waals surface area contributed by atoms with Crippen LogP contribution in [0.3, 0.4) is 0 Å². The van der Waals surface area contributed by atoms with Gasteiger partial charge in [-0.2, -0.15) is 0 Å². The Balaban J connectivity index is 2.63. The number of hydrogen-bond donors (Lipinski definition) is 1. The highest BCUT2D eigenvalue weighted by molar-refractivity contribution is 8.00. The molecule has 1 aromatic heterocycles. The first-order valence-electron chi connectivity index (χ1n) is 4.65. The van der Waals surface area contributed by atoms with Gasteiger partial charge in [0.15, 0.2) is 0 Å². The van der Waals surface area contributed by atoms with Crippen LogP contribution >= 0.6 is 23.1 Å². The fourth-order valence-corrected chi connectivity index (χ4v) is 3.09. The molecular weight excluding hydrogens is 216 g/mol. The molecule has 0 radical (unpaired) electrons. The van der Waals surface area contributed by atoms with E-state index in [-0.39, 0.29) is 0 Å². The quantitative estimate of drug-likeness (QED) is 0.783. The molecule has 0 amide bonds. The Hall–Kier alpha value is -0.480. The number of carboxylic acid groups (broad SMARTS) is 1. The van der Waals surface area contributed by atoms with Crippen LogP contribution in [-0.2, 0) is 0 Å². The van der Waals surface area contributed by atoms with Crippen LogP contribution in [0, 0.1) is 0 Å². The normalized spacial score (nSPS) is 10.8. The van der Waals surface area contributed by atoms with E-state index in [1.807, 2.05) is 5.38 Å². The third-order valence-corrected chi connectivity index (χ3v) is 4.57. The van der Waals surface area contributed by atoms with Gasteiger partial charge < -0.3 is 5.11 Å². The van der Waals surface area contributed by atoms with Crippen LogP contribution in [0.1, 0.15) is 36.4 Å². The van der Waals surface area contributed by atoms with Gasteiger partial charge in [0.25, 0.3) is 0 Å². The zero-order chi connectivity index (χ0) is 10.6. The van der Waals surface area contributed by atoms with Crippen molar-refractivity contribution in [1.29, 1.82) is 0 Å². The maximum atomic E-state index is 10.6. The Kier molecular flexibility index (Phi) is 4.48. The van der Waals surface area contributed by atoms with Crippen LogP contribution in [0.15, 0.2) is 16.3 Å². The Labute approximate surface area is 92.3 Å². The van der Waals surface area contributed by atoms with Crippen molar-refractivity contribution in [2.75, 3.05) is 0 Å². The molecular formula is C10H14O2S2. The number of hydrogen-bond acceptors (Lipinski definition) is 3. The largest absolute Gasteiger partial charge is 0.477 e. The van der Waals surface area contributed by atoms with Gasteiger partial charge in [-0.25, -0.2) is 4.79 Å². The van der Waals surface area contributed by atoms with Crippen molar-refractivity contribution in [2.45, 2.75) is 36.8 Å². The molecule has 0 bridgehead atoms. The van der Waals surface area contributed by atoms with E-state index in [2.05, 4.69) is 13.8 Å². The third-order valence-electron chi connectivity index (χ3n) is 2.00. The molecule has 1 N–H and O–H groups in total. The predicted molar refractivity (Wildman–Crippen MR) is 61.5 cm³/mol. The van der Waals surface area contributed by atoms with Crippen molar-refractivity contribution in [3.63, 3.8) is 0 Å². The topological polar surface area (TPSA) is 37.3 Å². The highest BCUT2D eigenvalue weighted by Crippen LogP contribution is 2.31. The highest BCUT2D eigenvalue weighted by Gasteiger charge is 2.10. The standard InChI is InChI=1S/C10H14O2S2/c1-3-7(4-2)14-8-5-9(10(11)12)13-6-8/h5-7H,3-4H2,1-2H3,(H,11,12). The van der Waals surface area contributed by atoms with E-state index in [0.717, 1.165) is 17.7 Å². The number of carboxylic acids is 1. The number of thioether (sulfide) groups is 1. The minimum atomic E-state index is -0.827. The van der Waals surface area contributed by atoms with E-state index in [1.54, 1.807) is 17.8 Å². The van der Waals surface area contributed by atoms with Gasteiger partial charge in [-0.1, -0.05) is 13.8 Å². The monoisotopic (exact) mass is 230 g/mol. The van der Waals surface area contributed by atoms with E-state index in [9.17, 15) is 4.79 Å². The zero-order valence-corrected chi connectivity index (χ0v) is 9.95. The molecule has 0 fully saturated rings. The van der Waals surface area contributed by atoms with Crippen molar-refractivity contribution in [3.05, 3.63) is 16.3 Å². The molecule has 0 atom stereocenters. The van der Waals surface area contributed by atoms with Crippen molar-refractivity contribution in [3.8, 4) is 0 Å². The lowest BCUT2D eigenvalue weighted by molar-refractivity contribution is 0.0702. The van der Waals surface area contributed by atoms with Crippen molar-refractivity contribution >= 4 is 29.1 Å². The van der Waals surface area contributed by atoms with Gasteiger partial charge in [0.05, 0.1) is 0 Å². The minimum absolute atomic E-state index is 0.429. The zero-order valence-electron chi connectivity index (χ0n) is 8.32. The van der Waals surface area contributed by atoms with E-state index in [0.29, 0.717) is 10.1 Å². The first kappa shape index (κ1) is 11.6. The lowest BCUT2D eigenvalue weighted by atomic mass is 10.3. The Morgan fingerprint density at radius 1 is 1.57 bits per heavy atom. The van der Waals surface area contributed by atoms with Gasteiger partial charge in [0.2, 0.25) is 0 Å². The van der Waals surface area contributed by atoms with Gasteiger partial charge in [0, 0.05) is 15.5 Å². The fourth-order valence-electron chi connectivity index (χ4n) is 1.14. The van der Waals surface area contributed by atoms with Crippen LogP contribution in [0.25, 0.3) is 0 Å². The molecule has 1 aromatic rings. The summed E-state index contributed by atoms with van der Waals surface area (Å²) in [7, 11) is 0. The van der Waals surface area contributed by atoms with Crippen LogP contribution in [0.2, 0.25) is 0 Å². The van der Waals surface area contributed by atoms with Crippen LogP contribution in [-0.4, -0.2) is 16.3 Å². The number of thiophene rings is 1. The SMILES string of the molecule is CCC(CC)Sc1csc(C(=O)O)c1.